The average molecular weight is 292 g/mol. The number of rotatable bonds is 6. The Morgan fingerprint density at radius 2 is 1.95 bits per heavy atom. The Kier molecular flexibility index (Phi) is 5.71. The average Bonchev–Trinajstić information content (AvgIpc) is 2.52. The molecular formula is C15H20N2O4. The van der Waals surface area contributed by atoms with Gasteiger partial charge >= 0.3 is 5.97 Å². The molecule has 2 N–H and O–H groups in total. The Labute approximate surface area is 123 Å². The molecule has 0 aromatic heterocycles. The van der Waals surface area contributed by atoms with E-state index in [1.54, 1.807) is 23.1 Å². The van der Waals surface area contributed by atoms with Gasteiger partial charge in [0.15, 0.2) is 0 Å². The summed E-state index contributed by atoms with van der Waals surface area (Å²) in [5.74, 6) is -0.825. The molecule has 0 bridgehead atoms. The number of carboxylic acids is 1. The van der Waals surface area contributed by atoms with Crippen molar-refractivity contribution in [2.75, 3.05) is 32.8 Å². The number of morpholine rings is 1. The van der Waals surface area contributed by atoms with Gasteiger partial charge in [-0.1, -0.05) is 18.2 Å². The van der Waals surface area contributed by atoms with E-state index >= 15 is 0 Å². The number of carboxylic acid groups (broad SMARTS) is 1. The van der Waals surface area contributed by atoms with Crippen LogP contribution in [0.25, 0.3) is 0 Å². The molecule has 1 fully saturated rings. The van der Waals surface area contributed by atoms with Crippen molar-refractivity contribution >= 4 is 11.9 Å². The van der Waals surface area contributed by atoms with Gasteiger partial charge in [-0.05, 0) is 11.6 Å². The second kappa shape index (κ2) is 7.75. The van der Waals surface area contributed by atoms with Crippen LogP contribution in [0.3, 0.4) is 0 Å². The molecule has 1 aliphatic heterocycles. The zero-order valence-electron chi connectivity index (χ0n) is 11.9. The topological polar surface area (TPSA) is 78.9 Å². The van der Waals surface area contributed by atoms with E-state index in [4.69, 9.17) is 9.84 Å². The molecule has 1 aromatic carbocycles. The summed E-state index contributed by atoms with van der Waals surface area (Å²) in [5, 5.41) is 12.2. The number of ether oxygens (including phenoxy) is 1. The Morgan fingerprint density at radius 1 is 1.24 bits per heavy atom. The van der Waals surface area contributed by atoms with E-state index in [0.717, 1.165) is 5.56 Å². The van der Waals surface area contributed by atoms with Crippen molar-refractivity contribution in [1.82, 2.24) is 10.2 Å². The van der Waals surface area contributed by atoms with Crippen LogP contribution in [0.1, 0.15) is 22.3 Å². The summed E-state index contributed by atoms with van der Waals surface area (Å²) in [4.78, 5) is 24.8. The van der Waals surface area contributed by atoms with Crippen molar-refractivity contribution in [2.45, 2.75) is 13.0 Å². The summed E-state index contributed by atoms with van der Waals surface area (Å²) in [7, 11) is 0. The Morgan fingerprint density at radius 3 is 2.67 bits per heavy atom. The third-order valence-corrected chi connectivity index (χ3v) is 3.44. The fraction of sp³-hybridized carbons (Fsp3) is 0.467. The molecular weight excluding hydrogens is 272 g/mol. The van der Waals surface area contributed by atoms with Gasteiger partial charge in [-0.25, -0.2) is 4.79 Å². The van der Waals surface area contributed by atoms with E-state index in [1.807, 2.05) is 6.07 Å². The van der Waals surface area contributed by atoms with Crippen molar-refractivity contribution < 1.29 is 19.4 Å². The summed E-state index contributed by atoms with van der Waals surface area (Å²) in [5.41, 5.74) is 1.02. The van der Waals surface area contributed by atoms with Crippen molar-refractivity contribution in [3.63, 3.8) is 0 Å². The first-order valence-corrected chi connectivity index (χ1v) is 7.06. The van der Waals surface area contributed by atoms with Crippen molar-refractivity contribution in [3.05, 3.63) is 35.4 Å². The summed E-state index contributed by atoms with van der Waals surface area (Å²) in [6.45, 7) is 3.49. The second-order valence-corrected chi connectivity index (χ2v) is 4.88. The Bertz CT molecular complexity index is 498. The van der Waals surface area contributed by atoms with Gasteiger partial charge in [-0.3, -0.25) is 4.79 Å². The molecule has 2 rings (SSSR count). The summed E-state index contributed by atoms with van der Waals surface area (Å²) in [6, 6.07) is 6.87. The molecule has 0 unspecified atom stereocenters. The summed E-state index contributed by atoms with van der Waals surface area (Å²) < 4.78 is 5.20. The van der Waals surface area contributed by atoms with Crippen LogP contribution in [0.5, 0.6) is 0 Å². The number of nitrogens with zero attached hydrogens (tertiary/aromatic N) is 1. The fourth-order valence-electron chi connectivity index (χ4n) is 2.27. The third kappa shape index (κ3) is 4.54. The standard InChI is InChI=1S/C15H20N2O4/c18-14(17-7-9-21-10-8-17)5-6-16-11-12-3-1-2-4-13(12)15(19)20/h1-4,16H,5-11H2,(H,19,20). The molecule has 21 heavy (non-hydrogen) atoms. The van der Waals surface area contributed by atoms with E-state index in [2.05, 4.69) is 5.32 Å². The van der Waals surface area contributed by atoms with Crippen LogP contribution in [0.2, 0.25) is 0 Å². The molecule has 0 spiro atoms. The van der Waals surface area contributed by atoms with Gasteiger partial charge < -0.3 is 20.1 Å². The van der Waals surface area contributed by atoms with Gasteiger partial charge in [0, 0.05) is 32.6 Å². The number of carbonyl (C=O) groups excluding carboxylic acids is 1. The van der Waals surface area contributed by atoms with E-state index in [9.17, 15) is 9.59 Å². The highest BCUT2D eigenvalue weighted by atomic mass is 16.5. The highest BCUT2D eigenvalue weighted by Gasteiger charge is 2.16. The highest BCUT2D eigenvalue weighted by Crippen LogP contribution is 2.08. The lowest BCUT2D eigenvalue weighted by Gasteiger charge is -2.26. The summed E-state index contributed by atoms with van der Waals surface area (Å²) >= 11 is 0. The van der Waals surface area contributed by atoms with Crippen molar-refractivity contribution in [3.8, 4) is 0 Å². The molecule has 1 saturated heterocycles. The van der Waals surface area contributed by atoms with Crippen LogP contribution in [0.15, 0.2) is 24.3 Å². The quantitative estimate of drug-likeness (QED) is 0.755. The van der Waals surface area contributed by atoms with Crippen molar-refractivity contribution in [1.29, 1.82) is 0 Å². The first-order chi connectivity index (χ1) is 10.2. The van der Waals surface area contributed by atoms with Gasteiger partial charge in [-0.2, -0.15) is 0 Å². The van der Waals surface area contributed by atoms with Gasteiger partial charge in [-0.15, -0.1) is 0 Å². The molecule has 0 saturated carbocycles. The second-order valence-electron chi connectivity index (χ2n) is 4.88. The minimum absolute atomic E-state index is 0.109. The number of amides is 1. The number of nitrogens with one attached hydrogen (secondary N) is 1. The first-order valence-electron chi connectivity index (χ1n) is 7.06. The van der Waals surface area contributed by atoms with Gasteiger partial charge in [0.25, 0.3) is 0 Å². The molecule has 1 amide bonds. The molecule has 1 aliphatic rings. The normalized spacial score (nSPS) is 15.0. The molecule has 6 nitrogen and oxygen atoms in total. The molecule has 1 heterocycles. The molecule has 114 valence electrons. The van der Waals surface area contributed by atoms with E-state index in [1.165, 1.54) is 0 Å². The minimum atomic E-state index is -0.934. The van der Waals surface area contributed by atoms with Gasteiger partial charge in [0.05, 0.1) is 18.8 Å². The minimum Gasteiger partial charge on any atom is -0.478 e. The van der Waals surface area contributed by atoms with Crippen LogP contribution >= 0.6 is 0 Å². The number of hydrogen-bond donors (Lipinski definition) is 2. The predicted molar refractivity (Wildman–Crippen MR) is 77.1 cm³/mol. The van der Waals surface area contributed by atoms with Crippen molar-refractivity contribution in [2.24, 2.45) is 0 Å². The maximum absolute atomic E-state index is 11.9. The Hall–Kier alpha value is -1.92. The van der Waals surface area contributed by atoms with E-state index in [0.29, 0.717) is 51.4 Å². The monoisotopic (exact) mass is 292 g/mol. The van der Waals surface area contributed by atoms with E-state index in [-0.39, 0.29) is 5.91 Å². The summed E-state index contributed by atoms with van der Waals surface area (Å²) in [6.07, 6.45) is 0.412. The first kappa shape index (κ1) is 15.5. The lowest BCUT2D eigenvalue weighted by Crippen LogP contribution is -2.41. The van der Waals surface area contributed by atoms with Crippen LogP contribution in [0.4, 0.5) is 0 Å². The van der Waals surface area contributed by atoms with E-state index < -0.39 is 5.97 Å². The van der Waals surface area contributed by atoms with Crippen LogP contribution in [0, 0.1) is 0 Å². The van der Waals surface area contributed by atoms with Crippen LogP contribution < -0.4 is 5.32 Å². The molecule has 0 atom stereocenters. The van der Waals surface area contributed by atoms with Crippen LogP contribution in [-0.2, 0) is 16.1 Å². The molecule has 1 aromatic rings. The van der Waals surface area contributed by atoms with Crippen LogP contribution in [-0.4, -0.2) is 54.7 Å². The number of aromatic carboxylic acids is 1. The number of hydrogen-bond acceptors (Lipinski definition) is 4. The molecule has 0 aliphatic carbocycles. The SMILES string of the molecule is O=C(O)c1ccccc1CNCCC(=O)N1CCOCC1. The highest BCUT2D eigenvalue weighted by molar-refractivity contribution is 5.89. The number of carbonyl (C=O) groups is 2. The molecule has 0 radical (unpaired) electrons. The maximum Gasteiger partial charge on any atom is 0.336 e. The maximum atomic E-state index is 11.9. The zero-order valence-corrected chi connectivity index (χ0v) is 11.9. The number of benzene rings is 1. The zero-order chi connectivity index (χ0) is 15.1. The largest absolute Gasteiger partial charge is 0.478 e. The lowest BCUT2D eigenvalue weighted by molar-refractivity contribution is -0.135. The Balaban J connectivity index is 1.74. The van der Waals surface area contributed by atoms with Gasteiger partial charge in [0.2, 0.25) is 5.91 Å². The van der Waals surface area contributed by atoms with Gasteiger partial charge in [0.1, 0.15) is 0 Å². The molecule has 6 heteroatoms. The smallest absolute Gasteiger partial charge is 0.336 e. The lowest BCUT2D eigenvalue weighted by atomic mass is 10.1. The fourth-order valence-corrected chi connectivity index (χ4v) is 2.27. The third-order valence-electron chi connectivity index (χ3n) is 3.44. The predicted octanol–water partition coefficient (Wildman–Crippen LogP) is 0.723.